The third-order valence-corrected chi connectivity index (χ3v) is 4.75. The zero-order chi connectivity index (χ0) is 20.6. The van der Waals surface area contributed by atoms with E-state index in [9.17, 15) is 4.79 Å². The second kappa shape index (κ2) is 9.93. The van der Waals surface area contributed by atoms with E-state index in [1.807, 2.05) is 31.2 Å². The molecule has 154 valence electrons. The van der Waals surface area contributed by atoms with Gasteiger partial charge in [-0.1, -0.05) is 18.2 Å². The highest BCUT2D eigenvalue weighted by Crippen LogP contribution is 2.27. The summed E-state index contributed by atoms with van der Waals surface area (Å²) in [5, 5.41) is 6.10. The van der Waals surface area contributed by atoms with Crippen LogP contribution in [-0.2, 0) is 4.74 Å². The van der Waals surface area contributed by atoms with Crippen LogP contribution in [0, 0.1) is 6.92 Å². The van der Waals surface area contributed by atoms with E-state index in [1.54, 1.807) is 25.3 Å². The van der Waals surface area contributed by atoms with Crippen LogP contribution in [0.3, 0.4) is 0 Å². The molecule has 0 saturated carbocycles. The molecule has 0 radical (unpaired) electrons. The molecule has 1 atom stereocenters. The number of benzene rings is 2. The number of carbonyl (C=O) groups excluding carboxylic acids is 1. The van der Waals surface area contributed by atoms with Crippen molar-refractivity contribution in [3.05, 3.63) is 53.6 Å². The van der Waals surface area contributed by atoms with Crippen LogP contribution in [-0.4, -0.2) is 45.3 Å². The molecule has 7 nitrogen and oxygen atoms in total. The van der Waals surface area contributed by atoms with E-state index in [-0.39, 0.29) is 12.0 Å². The molecular formula is C22H27N3O4. The number of amides is 1. The molecule has 0 spiro atoms. The Morgan fingerprint density at radius 2 is 1.97 bits per heavy atom. The Bertz CT molecular complexity index is 876. The Labute approximate surface area is 171 Å². The van der Waals surface area contributed by atoms with Gasteiger partial charge in [0.05, 0.1) is 26.9 Å². The Kier molecular flexibility index (Phi) is 7.08. The van der Waals surface area contributed by atoms with Crippen molar-refractivity contribution in [3.8, 4) is 11.5 Å². The van der Waals surface area contributed by atoms with E-state index in [1.165, 1.54) is 7.11 Å². The fraction of sp³-hybridized carbons (Fsp3) is 0.364. The minimum atomic E-state index is -0.293. The van der Waals surface area contributed by atoms with E-state index in [0.29, 0.717) is 29.6 Å². The maximum atomic E-state index is 12.8. The predicted molar refractivity (Wildman–Crippen MR) is 113 cm³/mol. The fourth-order valence-electron chi connectivity index (χ4n) is 3.09. The lowest BCUT2D eigenvalue weighted by molar-refractivity contribution is 0.0975. The smallest absolute Gasteiger partial charge is 0.258 e. The van der Waals surface area contributed by atoms with E-state index in [4.69, 9.17) is 14.2 Å². The zero-order valence-electron chi connectivity index (χ0n) is 17.0. The van der Waals surface area contributed by atoms with Crippen molar-refractivity contribution in [2.24, 2.45) is 4.99 Å². The van der Waals surface area contributed by atoms with Crippen LogP contribution >= 0.6 is 0 Å². The standard InChI is InChI=1S/C22H27N3O4/c1-15-7-4-5-9-18(15)24-22(23-14-17-8-6-12-29-17)25-21(26)16-10-11-19(27-2)20(13-16)28-3/h4-5,7,9-11,13,17H,6,8,12,14H2,1-3H3,(H2,23,24,25,26)/t17-/m1/s1. The molecule has 2 aromatic carbocycles. The van der Waals surface area contributed by atoms with Gasteiger partial charge in [-0.05, 0) is 49.6 Å². The number of nitrogens with zero attached hydrogens (tertiary/aromatic N) is 1. The van der Waals surface area contributed by atoms with Crippen molar-refractivity contribution in [3.63, 3.8) is 0 Å². The SMILES string of the molecule is COc1ccc(C(=O)NC(=NC[C@H]2CCCO2)Nc2ccccc2C)cc1OC. The van der Waals surface area contributed by atoms with Crippen LogP contribution < -0.4 is 20.1 Å². The van der Waals surface area contributed by atoms with E-state index < -0.39 is 0 Å². The molecule has 2 N–H and O–H groups in total. The molecule has 0 aromatic heterocycles. The number of guanidine groups is 1. The maximum Gasteiger partial charge on any atom is 0.258 e. The molecule has 0 unspecified atom stereocenters. The van der Waals surface area contributed by atoms with Crippen molar-refractivity contribution < 1.29 is 19.0 Å². The van der Waals surface area contributed by atoms with Crippen LogP contribution in [0.5, 0.6) is 11.5 Å². The van der Waals surface area contributed by atoms with E-state index >= 15 is 0 Å². The molecule has 1 aliphatic rings. The molecule has 0 bridgehead atoms. The van der Waals surface area contributed by atoms with Crippen molar-refractivity contribution in [1.29, 1.82) is 0 Å². The summed E-state index contributed by atoms with van der Waals surface area (Å²) in [4.78, 5) is 17.4. The minimum Gasteiger partial charge on any atom is -0.493 e. The first-order valence-corrected chi connectivity index (χ1v) is 9.62. The number of aryl methyl sites for hydroxylation is 1. The lowest BCUT2D eigenvalue weighted by Gasteiger charge is -2.15. The van der Waals surface area contributed by atoms with Gasteiger partial charge in [-0.2, -0.15) is 0 Å². The summed E-state index contributed by atoms with van der Waals surface area (Å²) in [5.41, 5.74) is 2.38. The number of rotatable bonds is 6. The largest absolute Gasteiger partial charge is 0.493 e. The molecule has 1 heterocycles. The van der Waals surface area contributed by atoms with Gasteiger partial charge in [0, 0.05) is 17.9 Å². The molecule has 1 amide bonds. The number of aliphatic imine (C=N–C) groups is 1. The summed E-state index contributed by atoms with van der Waals surface area (Å²) >= 11 is 0. The Morgan fingerprint density at radius 3 is 2.66 bits per heavy atom. The highest BCUT2D eigenvalue weighted by Gasteiger charge is 2.17. The third kappa shape index (κ3) is 5.48. The van der Waals surface area contributed by atoms with Gasteiger partial charge in [0.2, 0.25) is 5.96 Å². The number of hydrogen-bond donors (Lipinski definition) is 2. The summed E-state index contributed by atoms with van der Waals surface area (Å²) in [7, 11) is 3.09. The monoisotopic (exact) mass is 397 g/mol. The van der Waals surface area contributed by atoms with Gasteiger partial charge in [0.1, 0.15) is 0 Å². The second-order valence-corrected chi connectivity index (χ2v) is 6.79. The molecule has 0 aliphatic carbocycles. The number of hydrogen-bond acceptors (Lipinski definition) is 5. The van der Waals surface area contributed by atoms with Crippen molar-refractivity contribution in [2.45, 2.75) is 25.9 Å². The van der Waals surface area contributed by atoms with Crippen molar-refractivity contribution >= 4 is 17.6 Å². The summed E-state index contributed by atoms with van der Waals surface area (Å²) in [5.74, 6) is 1.15. The zero-order valence-corrected chi connectivity index (χ0v) is 17.0. The Morgan fingerprint density at radius 1 is 1.17 bits per heavy atom. The maximum absolute atomic E-state index is 12.8. The fourth-order valence-corrected chi connectivity index (χ4v) is 3.09. The average molecular weight is 397 g/mol. The van der Waals surface area contributed by atoms with Crippen LogP contribution in [0.15, 0.2) is 47.5 Å². The number of ether oxygens (including phenoxy) is 3. The van der Waals surface area contributed by atoms with Gasteiger partial charge in [0.15, 0.2) is 11.5 Å². The lowest BCUT2D eigenvalue weighted by Crippen LogP contribution is -2.37. The highest BCUT2D eigenvalue weighted by molar-refractivity contribution is 6.10. The molecule has 3 rings (SSSR count). The van der Waals surface area contributed by atoms with Crippen LogP contribution in [0.25, 0.3) is 0 Å². The Balaban J connectivity index is 1.78. The van der Waals surface area contributed by atoms with E-state index in [2.05, 4.69) is 15.6 Å². The topological polar surface area (TPSA) is 81.2 Å². The van der Waals surface area contributed by atoms with Crippen LogP contribution in [0.2, 0.25) is 0 Å². The molecule has 1 fully saturated rings. The first kappa shape index (κ1) is 20.7. The van der Waals surface area contributed by atoms with Gasteiger partial charge in [-0.15, -0.1) is 0 Å². The number of nitrogens with one attached hydrogen (secondary N) is 2. The van der Waals surface area contributed by atoms with Crippen molar-refractivity contribution in [1.82, 2.24) is 5.32 Å². The van der Waals surface area contributed by atoms with Gasteiger partial charge >= 0.3 is 0 Å². The van der Waals surface area contributed by atoms with Gasteiger partial charge < -0.3 is 19.5 Å². The first-order chi connectivity index (χ1) is 14.1. The van der Waals surface area contributed by atoms with Crippen molar-refractivity contribution in [2.75, 3.05) is 32.7 Å². The summed E-state index contributed by atoms with van der Waals surface area (Å²) in [6, 6.07) is 12.9. The summed E-state index contributed by atoms with van der Waals surface area (Å²) in [6.07, 6.45) is 2.10. The Hall–Kier alpha value is -3.06. The van der Waals surface area contributed by atoms with E-state index in [0.717, 1.165) is 30.7 Å². The molecule has 1 aliphatic heterocycles. The average Bonchev–Trinajstić information content (AvgIpc) is 3.26. The lowest BCUT2D eigenvalue weighted by atomic mass is 10.2. The number of anilines is 1. The highest BCUT2D eigenvalue weighted by atomic mass is 16.5. The normalized spacial score (nSPS) is 16.4. The van der Waals surface area contributed by atoms with Crippen LogP contribution in [0.4, 0.5) is 5.69 Å². The number of methoxy groups -OCH3 is 2. The number of para-hydroxylation sites is 1. The van der Waals surface area contributed by atoms with Gasteiger partial charge in [-0.3, -0.25) is 10.1 Å². The molecule has 1 saturated heterocycles. The number of carbonyl (C=O) groups is 1. The summed E-state index contributed by atoms with van der Waals surface area (Å²) in [6.45, 7) is 3.25. The molecule has 29 heavy (non-hydrogen) atoms. The molecular weight excluding hydrogens is 370 g/mol. The predicted octanol–water partition coefficient (Wildman–Crippen LogP) is 3.39. The summed E-state index contributed by atoms with van der Waals surface area (Å²) < 4.78 is 16.2. The first-order valence-electron chi connectivity index (χ1n) is 9.62. The third-order valence-electron chi connectivity index (χ3n) is 4.75. The van der Waals surface area contributed by atoms with Crippen LogP contribution in [0.1, 0.15) is 28.8 Å². The minimum absolute atomic E-state index is 0.0849. The molecule has 7 heteroatoms. The quantitative estimate of drug-likeness (QED) is 0.577. The van der Waals surface area contributed by atoms with Gasteiger partial charge in [0.25, 0.3) is 5.91 Å². The van der Waals surface area contributed by atoms with Gasteiger partial charge in [-0.25, -0.2) is 4.99 Å². The molecule has 2 aromatic rings. The second-order valence-electron chi connectivity index (χ2n) is 6.79.